The van der Waals surface area contributed by atoms with Crippen LogP contribution in [-0.4, -0.2) is 32.9 Å². The Kier molecular flexibility index (Phi) is 3.01. The third-order valence-corrected chi connectivity index (χ3v) is 2.66. The van der Waals surface area contributed by atoms with Gasteiger partial charge in [0.15, 0.2) is 5.69 Å². The first-order valence-electron chi connectivity index (χ1n) is 5.43. The Hall–Kier alpha value is -2.37. The topological polar surface area (TPSA) is 71.2 Å². The number of nitrogens with zero attached hydrogens (tertiary/aromatic N) is 4. The zero-order chi connectivity index (χ0) is 13.3. The fraction of sp³-hybridized carbons (Fsp3) is 0.250. The van der Waals surface area contributed by atoms with Crippen LogP contribution >= 0.6 is 0 Å². The van der Waals surface area contributed by atoms with Crippen LogP contribution < -0.4 is 4.90 Å². The molecule has 0 unspecified atom stereocenters. The van der Waals surface area contributed by atoms with E-state index in [2.05, 4.69) is 10.1 Å². The Bertz CT molecular complexity index is 592. The second-order valence-electron chi connectivity index (χ2n) is 4.07. The van der Waals surface area contributed by atoms with Crippen molar-refractivity contribution in [3.8, 4) is 0 Å². The standard InChI is InChI=1S/C12H14N4O2/c1-8-4-5-13-10(6-8)15(2)11-7-9(12(17)18)14-16(11)3/h4-7H,1-3H3,(H,17,18). The highest BCUT2D eigenvalue weighted by Gasteiger charge is 2.15. The first-order valence-corrected chi connectivity index (χ1v) is 5.43. The molecule has 0 bridgehead atoms. The second kappa shape index (κ2) is 4.48. The normalized spacial score (nSPS) is 10.4. The maximum atomic E-state index is 10.9. The number of carboxylic acids is 1. The number of carbonyl (C=O) groups is 1. The van der Waals surface area contributed by atoms with E-state index in [4.69, 9.17) is 5.11 Å². The van der Waals surface area contributed by atoms with E-state index < -0.39 is 5.97 Å². The van der Waals surface area contributed by atoms with Gasteiger partial charge in [0.25, 0.3) is 0 Å². The fourth-order valence-corrected chi connectivity index (χ4v) is 1.70. The monoisotopic (exact) mass is 246 g/mol. The Morgan fingerprint density at radius 2 is 2.17 bits per heavy atom. The molecule has 0 saturated carbocycles. The summed E-state index contributed by atoms with van der Waals surface area (Å²) in [5, 5.41) is 12.8. The highest BCUT2D eigenvalue weighted by atomic mass is 16.4. The minimum Gasteiger partial charge on any atom is -0.476 e. The van der Waals surface area contributed by atoms with E-state index in [-0.39, 0.29) is 5.69 Å². The molecular formula is C12H14N4O2. The molecule has 2 aromatic rings. The van der Waals surface area contributed by atoms with Crippen LogP contribution in [0.1, 0.15) is 16.1 Å². The summed E-state index contributed by atoms with van der Waals surface area (Å²) in [5.74, 6) is 0.378. The quantitative estimate of drug-likeness (QED) is 0.890. The molecule has 0 aliphatic carbocycles. The Labute approximate surface area is 104 Å². The molecule has 0 aliphatic heterocycles. The van der Waals surface area contributed by atoms with Crippen molar-refractivity contribution in [2.24, 2.45) is 7.05 Å². The number of carboxylic acid groups (broad SMARTS) is 1. The summed E-state index contributed by atoms with van der Waals surface area (Å²) in [5.41, 5.74) is 1.11. The van der Waals surface area contributed by atoms with Crippen molar-refractivity contribution in [3.05, 3.63) is 35.7 Å². The summed E-state index contributed by atoms with van der Waals surface area (Å²) in [6, 6.07) is 5.35. The zero-order valence-corrected chi connectivity index (χ0v) is 10.5. The molecule has 0 aromatic carbocycles. The number of hydrogen-bond donors (Lipinski definition) is 1. The molecule has 2 heterocycles. The average molecular weight is 246 g/mol. The third-order valence-electron chi connectivity index (χ3n) is 2.66. The van der Waals surface area contributed by atoms with Crippen LogP contribution in [0.3, 0.4) is 0 Å². The molecule has 0 fully saturated rings. The molecule has 0 radical (unpaired) electrons. The Morgan fingerprint density at radius 1 is 1.44 bits per heavy atom. The van der Waals surface area contributed by atoms with Gasteiger partial charge < -0.3 is 10.0 Å². The molecule has 18 heavy (non-hydrogen) atoms. The van der Waals surface area contributed by atoms with Crippen molar-refractivity contribution >= 4 is 17.6 Å². The lowest BCUT2D eigenvalue weighted by Crippen LogP contribution is -2.14. The summed E-state index contributed by atoms with van der Waals surface area (Å²) >= 11 is 0. The molecule has 0 spiro atoms. The lowest BCUT2D eigenvalue weighted by Gasteiger charge is -2.17. The van der Waals surface area contributed by atoms with Gasteiger partial charge in [-0.15, -0.1) is 0 Å². The number of hydrogen-bond acceptors (Lipinski definition) is 4. The van der Waals surface area contributed by atoms with Crippen molar-refractivity contribution in [2.75, 3.05) is 11.9 Å². The van der Waals surface area contributed by atoms with Crippen LogP contribution in [0.5, 0.6) is 0 Å². The van der Waals surface area contributed by atoms with Gasteiger partial charge in [0.2, 0.25) is 0 Å². The fourth-order valence-electron chi connectivity index (χ4n) is 1.70. The maximum Gasteiger partial charge on any atom is 0.356 e. The summed E-state index contributed by atoms with van der Waals surface area (Å²) in [6.07, 6.45) is 1.72. The van der Waals surface area contributed by atoms with Gasteiger partial charge in [-0.25, -0.2) is 9.78 Å². The molecule has 2 rings (SSSR count). The van der Waals surface area contributed by atoms with E-state index in [1.807, 2.05) is 26.1 Å². The van der Waals surface area contributed by atoms with Gasteiger partial charge in [0.05, 0.1) is 0 Å². The SMILES string of the molecule is Cc1ccnc(N(C)c2cc(C(=O)O)nn2C)c1. The molecule has 6 heteroatoms. The number of pyridine rings is 1. The largest absolute Gasteiger partial charge is 0.476 e. The predicted molar refractivity (Wildman–Crippen MR) is 67.2 cm³/mol. The average Bonchev–Trinajstić information content (AvgIpc) is 2.70. The number of aryl methyl sites for hydroxylation is 2. The summed E-state index contributed by atoms with van der Waals surface area (Å²) in [7, 11) is 3.53. The van der Waals surface area contributed by atoms with Crippen LogP contribution in [0.15, 0.2) is 24.4 Å². The predicted octanol–water partition coefficient (Wildman–Crippen LogP) is 1.59. The van der Waals surface area contributed by atoms with Gasteiger partial charge in [-0.2, -0.15) is 5.10 Å². The van der Waals surface area contributed by atoms with E-state index in [1.165, 1.54) is 10.7 Å². The minimum atomic E-state index is -1.04. The smallest absolute Gasteiger partial charge is 0.356 e. The molecule has 6 nitrogen and oxygen atoms in total. The van der Waals surface area contributed by atoms with Crippen LogP contribution in [-0.2, 0) is 7.05 Å². The minimum absolute atomic E-state index is 0.0204. The van der Waals surface area contributed by atoms with Gasteiger partial charge in [0.1, 0.15) is 11.6 Å². The number of anilines is 2. The van der Waals surface area contributed by atoms with E-state index in [0.717, 1.165) is 11.4 Å². The first-order chi connectivity index (χ1) is 8.49. The molecule has 94 valence electrons. The van der Waals surface area contributed by atoms with Crippen molar-refractivity contribution in [3.63, 3.8) is 0 Å². The van der Waals surface area contributed by atoms with Gasteiger partial charge in [-0.05, 0) is 24.6 Å². The molecule has 0 amide bonds. The number of aromatic nitrogens is 3. The van der Waals surface area contributed by atoms with Gasteiger partial charge in [-0.1, -0.05) is 0 Å². The molecule has 0 atom stereocenters. The first kappa shape index (κ1) is 12.1. The second-order valence-corrected chi connectivity index (χ2v) is 4.07. The van der Waals surface area contributed by atoms with Crippen molar-refractivity contribution in [1.29, 1.82) is 0 Å². The summed E-state index contributed by atoms with van der Waals surface area (Å²) in [4.78, 5) is 16.9. The molecule has 2 aromatic heterocycles. The van der Waals surface area contributed by atoms with Gasteiger partial charge in [-0.3, -0.25) is 4.68 Å². The van der Waals surface area contributed by atoms with Gasteiger partial charge >= 0.3 is 5.97 Å². The molecule has 0 aliphatic rings. The molecule has 1 N–H and O–H groups in total. The van der Waals surface area contributed by atoms with Crippen molar-refractivity contribution < 1.29 is 9.90 Å². The summed E-state index contributed by atoms with van der Waals surface area (Å²) in [6.45, 7) is 1.98. The summed E-state index contributed by atoms with van der Waals surface area (Å²) < 4.78 is 1.52. The van der Waals surface area contributed by atoms with Crippen molar-refractivity contribution in [1.82, 2.24) is 14.8 Å². The molecular weight excluding hydrogens is 232 g/mol. The van der Waals surface area contributed by atoms with Crippen LogP contribution in [0.2, 0.25) is 0 Å². The number of aromatic carboxylic acids is 1. The van der Waals surface area contributed by atoms with E-state index in [9.17, 15) is 4.79 Å². The highest BCUT2D eigenvalue weighted by Crippen LogP contribution is 2.22. The van der Waals surface area contributed by atoms with E-state index >= 15 is 0 Å². The lowest BCUT2D eigenvalue weighted by atomic mass is 10.3. The van der Waals surface area contributed by atoms with Gasteiger partial charge in [0, 0.05) is 26.4 Å². The zero-order valence-electron chi connectivity index (χ0n) is 10.5. The third kappa shape index (κ3) is 2.17. The lowest BCUT2D eigenvalue weighted by molar-refractivity contribution is 0.0689. The van der Waals surface area contributed by atoms with Crippen molar-refractivity contribution in [2.45, 2.75) is 6.92 Å². The number of rotatable bonds is 3. The molecule has 0 saturated heterocycles. The van der Waals surface area contributed by atoms with E-state index in [0.29, 0.717) is 5.82 Å². The van der Waals surface area contributed by atoms with Crippen LogP contribution in [0.25, 0.3) is 0 Å². The van der Waals surface area contributed by atoms with Crippen LogP contribution in [0, 0.1) is 6.92 Å². The van der Waals surface area contributed by atoms with E-state index in [1.54, 1.807) is 18.1 Å². The Balaban J connectivity index is 2.39. The van der Waals surface area contributed by atoms with Crippen LogP contribution in [0.4, 0.5) is 11.6 Å². The highest BCUT2D eigenvalue weighted by molar-refractivity contribution is 5.86. The Morgan fingerprint density at radius 3 is 2.72 bits per heavy atom. The maximum absolute atomic E-state index is 10.9.